The highest BCUT2D eigenvalue weighted by molar-refractivity contribution is 7.99. The van der Waals surface area contributed by atoms with E-state index in [4.69, 9.17) is 11.6 Å². The maximum Gasteiger partial charge on any atom is 0.426 e. The van der Waals surface area contributed by atoms with E-state index in [-0.39, 0.29) is 20.5 Å². The van der Waals surface area contributed by atoms with Crippen LogP contribution in [0.3, 0.4) is 0 Å². The van der Waals surface area contributed by atoms with Gasteiger partial charge in [-0.15, -0.1) is 11.8 Å². The zero-order valence-electron chi connectivity index (χ0n) is 13.7. The van der Waals surface area contributed by atoms with E-state index in [1.54, 1.807) is 0 Å². The van der Waals surface area contributed by atoms with Gasteiger partial charge < -0.3 is 10.4 Å². The Morgan fingerprint density at radius 3 is 2.24 bits per heavy atom. The number of hydrogen-bond donors (Lipinski definition) is 2. The Morgan fingerprint density at radius 1 is 1.32 bits per heavy atom. The van der Waals surface area contributed by atoms with Gasteiger partial charge >= 0.3 is 6.18 Å². The van der Waals surface area contributed by atoms with Gasteiger partial charge in [0.05, 0.1) is 20.9 Å². The van der Waals surface area contributed by atoms with E-state index in [0.29, 0.717) is 6.92 Å². The van der Waals surface area contributed by atoms with E-state index in [2.05, 4.69) is 0 Å². The monoisotopic (exact) mass is 419 g/mol. The summed E-state index contributed by atoms with van der Waals surface area (Å²) in [7, 11) is -3.69. The summed E-state index contributed by atoms with van der Waals surface area (Å²) in [6, 6.07) is 2.24. The minimum Gasteiger partial charge on any atom is -0.373 e. The molecule has 0 aromatic heterocycles. The predicted octanol–water partition coefficient (Wildman–Crippen LogP) is 3.50. The lowest BCUT2D eigenvalue weighted by molar-refractivity contribution is -0.242. The average molecular weight is 420 g/mol. The van der Waals surface area contributed by atoms with Crippen molar-refractivity contribution < 1.29 is 31.5 Å². The van der Waals surface area contributed by atoms with Crippen LogP contribution in [0.4, 0.5) is 18.9 Å². The smallest absolute Gasteiger partial charge is 0.373 e. The standard InChI is InChI=1S/C14H17ClF3NO4S2/c1-7(2)25(22,23)9-6-5-8(10(15)11(9)24-4)19-12(20)13(3,21)14(16,17)18/h5-7,21H,1-4H3,(H,19,20). The number of aliphatic hydroxyl groups is 1. The predicted molar refractivity (Wildman–Crippen MR) is 90.9 cm³/mol. The lowest BCUT2D eigenvalue weighted by Gasteiger charge is -2.25. The molecule has 0 heterocycles. The molecule has 0 saturated heterocycles. The molecular formula is C14H17ClF3NO4S2. The van der Waals surface area contributed by atoms with Crippen LogP contribution in [0.5, 0.6) is 0 Å². The number of halogens is 4. The third-order valence-electron chi connectivity index (χ3n) is 3.43. The lowest BCUT2D eigenvalue weighted by atomic mass is 10.1. The Hall–Kier alpha value is -0.970. The van der Waals surface area contributed by atoms with Crippen molar-refractivity contribution >= 4 is 44.8 Å². The summed E-state index contributed by atoms with van der Waals surface area (Å²) in [6.07, 6.45) is -3.65. The van der Waals surface area contributed by atoms with E-state index in [9.17, 15) is 31.5 Å². The topological polar surface area (TPSA) is 83.5 Å². The van der Waals surface area contributed by atoms with Gasteiger partial charge in [-0.2, -0.15) is 13.2 Å². The Balaban J connectivity index is 3.37. The minimum absolute atomic E-state index is 0.0828. The van der Waals surface area contributed by atoms with Crippen molar-refractivity contribution in [2.75, 3.05) is 11.6 Å². The van der Waals surface area contributed by atoms with Crippen LogP contribution in [0.1, 0.15) is 20.8 Å². The number of anilines is 1. The van der Waals surface area contributed by atoms with Gasteiger partial charge in [-0.25, -0.2) is 8.42 Å². The molecule has 25 heavy (non-hydrogen) atoms. The summed E-state index contributed by atoms with van der Waals surface area (Å²) in [5, 5.41) is 10.3. The van der Waals surface area contributed by atoms with Crippen LogP contribution in [0, 0.1) is 0 Å². The van der Waals surface area contributed by atoms with Crippen molar-refractivity contribution in [3.05, 3.63) is 17.2 Å². The molecule has 2 N–H and O–H groups in total. The van der Waals surface area contributed by atoms with Gasteiger partial charge in [-0.05, 0) is 39.2 Å². The highest BCUT2D eigenvalue weighted by atomic mass is 35.5. The van der Waals surface area contributed by atoms with Crippen molar-refractivity contribution in [2.24, 2.45) is 0 Å². The summed E-state index contributed by atoms with van der Waals surface area (Å²) in [5.41, 5.74) is -3.86. The molecule has 1 amide bonds. The third kappa shape index (κ3) is 4.24. The first kappa shape index (κ1) is 22.1. The molecule has 0 aliphatic rings. The van der Waals surface area contributed by atoms with E-state index >= 15 is 0 Å². The number of thioether (sulfide) groups is 1. The Morgan fingerprint density at radius 2 is 1.84 bits per heavy atom. The molecule has 142 valence electrons. The van der Waals surface area contributed by atoms with Crippen molar-refractivity contribution in [1.82, 2.24) is 0 Å². The van der Waals surface area contributed by atoms with E-state index in [1.807, 2.05) is 5.32 Å². The first-order chi connectivity index (χ1) is 11.2. The van der Waals surface area contributed by atoms with Crippen molar-refractivity contribution in [3.63, 3.8) is 0 Å². The van der Waals surface area contributed by atoms with Crippen molar-refractivity contribution in [1.29, 1.82) is 0 Å². The van der Waals surface area contributed by atoms with Gasteiger partial charge in [-0.3, -0.25) is 4.79 Å². The van der Waals surface area contributed by atoms with Crippen LogP contribution >= 0.6 is 23.4 Å². The summed E-state index contributed by atoms with van der Waals surface area (Å²) in [5.74, 6) is -1.73. The molecule has 5 nitrogen and oxygen atoms in total. The van der Waals surface area contributed by atoms with Crippen LogP contribution in [0.15, 0.2) is 21.9 Å². The quantitative estimate of drug-likeness (QED) is 0.714. The second-order valence-electron chi connectivity index (χ2n) is 5.58. The summed E-state index contributed by atoms with van der Waals surface area (Å²) < 4.78 is 62.8. The van der Waals surface area contributed by atoms with E-state index in [0.717, 1.165) is 23.9 Å². The highest BCUT2D eigenvalue weighted by Gasteiger charge is 2.55. The zero-order valence-corrected chi connectivity index (χ0v) is 16.1. The van der Waals surface area contributed by atoms with Crippen molar-refractivity contribution in [2.45, 2.75) is 47.6 Å². The molecule has 0 fully saturated rings. The zero-order chi connectivity index (χ0) is 19.8. The molecule has 0 saturated carbocycles. The molecule has 1 aromatic rings. The number of alkyl halides is 3. The number of carbonyl (C=O) groups is 1. The van der Waals surface area contributed by atoms with Crippen LogP contribution in [0.25, 0.3) is 0 Å². The van der Waals surface area contributed by atoms with Crippen molar-refractivity contribution in [3.8, 4) is 0 Å². The van der Waals surface area contributed by atoms with Crippen LogP contribution in [-0.4, -0.2) is 42.7 Å². The normalized spacial score (nSPS) is 15.1. The number of rotatable bonds is 5. The average Bonchev–Trinajstić information content (AvgIpc) is 2.47. The molecule has 1 aromatic carbocycles. The van der Waals surface area contributed by atoms with Gasteiger partial charge in [0, 0.05) is 4.90 Å². The molecule has 0 radical (unpaired) electrons. The lowest BCUT2D eigenvalue weighted by Crippen LogP contribution is -2.52. The third-order valence-corrected chi connectivity index (χ3v) is 7.10. The van der Waals surface area contributed by atoms with Gasteiger partial charge in [0.2, 0.25) is 5.60 Å². The molecule has 0 bridgehead atoms. The highest BCUT2D eigenvalue weighted by Crippen LogP contribution is 2.39. The van der Waals surface area contributed by atoms with Crippen LogP contribution < -0.4 is 5.32 Å². The maximum atomic E-state index is 12.7. The summed E-state index contributed by atoms with van der Waals surface area (Å²) >= 11 is 7.04. The number of hydrogen-bond acceptors (Lipinski definition) is 5. The van der Waals surface area contributed by atoms with Gasteiger partial charge in [0.15, 0.2) is 9.84 Å². The Bertz CT molecular complexity index is 777. The maximum absolute atomic E-state index is 12.7. The second-order valence-corrected chi connectivity index (χ2v) is 9.24. The Labute approximate surface area is 152 Å². The first-order valence-electron chi connectivity index (χ1n) is 6.88. The van der Waals surface area contributed by atoms with Gasteiger partial charge in [0.1, 0.15) is 0 Å². The molecular weight excluding hydrogens is 403 g/mol. The molecule has 1 rings (SSSR count). The van der Waals surface area contributed by atoms with Gasteiger partial charge in [0.25, 0.3) is 5.91 Å². The molecule has 0 spiro atoms. The molecule has 1 unspecified atom stereocenters. The minimum atomic E-state index is -5.19. The Kier molecular flexibility index (Phi) is 6.48. The fraction of sp³-hybridized carbons (Fsp3) is 0.500. The fourth-order valence-electron chi connectivity index (χ4n) is 1.68. The number of amides is 1. The SMILES string of the molecule is CSc1c(S(=O)(=O)C(C)C)ccc(NC(=O)C(C)(O)C(F)(F)F)c1Cl. The summed E-state index contributed by atoms with van der Waals surface area (Å²) in [4.78, 5) is 11.8. The largest absolute Gasteiger partial charge is 0.426 e. The number of nitrogens with one attached hydrogen (secondary N) is 1. The summed E-state index contributed by atoms with van der Waals surface area (Å²) in [6.45, 7) is 3.26. The van der Waals surface area contributed by atoms with Crippen LogP contribution in [-0.2, 0) is 14.6 Å². The fourth-order valence-corrected chi connectivity index (χ4v) is 4.46. The first-order valence-corrected chi connectivity index (χ1v) is 10.0. The molecule has 0 aliphatic heterocycles. The number of sulfone groups is 1. The number of carbonyl (C=O) groups excluding carboxylic acids is 1. The van der Waals surface area contributed by atoms with Gasteiger partial charge in [-0.1, -0.05) is 11.6 Å². The molecule has 11 heteroatoms. The van der Waals surface area contributed by atoms with E-state index < -0.39 is 32.8 Å². The van der Waals surface area contributed by atoms with Crippen LogP contribution in [0.2, 0.25) is 5.02 Å². The molecule has 1 atom stereocenters. The second kappa shape index (κ2) is 7.34. The van der Waals surface area contributed by atoms with E-state index in [1.165, 1.54) is 20.1 Å². The number of benzene rings is 1. The molecule has 0 aliphatic carbocycles.